The molecule has 160 valence electrons. The van der Waals surface area contributed by atoms with E-state index in [-0.39, 0.29) is 0 Å². The maximum atomic E-state index is 11.8. The summed E-state index contributed by atoms with van der Waals surface area (Å²) in [6.45, 7) is 4.46. The van der Waals surface area contributed by atoms with Crippen LogP contribution < -0.4 is 0 Å². The maximum Gasteiger partial charge on any atom is 0.188 e. The van der Waals surface area contributed by atoms with Crippen LogP contribution in [0, 0.1) is 0 Å². The predicted octanol–water partition coefficient (Wildman–Crippen LogP) is 8.18. The molecule has 0 atom stereocenters. The van der Waals surface area contributed by atoms with Crippen LogP contribution in [-0.2, 0) is 9.59 Å². The van der Waals surface area contributed by atoms with Crippen molar-refractivity contribution in [2.75, 3.05) is 11.5 Å². The summed E-state index contributed by atoms with van der Waals surface area (Å²) in [5, 5.41) is 0.739. The van der Waals surface area contributed by atoms with Gasteiger partial charge in [-0.25, -0.2) is 0 Å². The highest BCUT2D eigenvalue weighted by Crippen LogP contribution is 2.16. The summed E-state index contributed by atoms with van der Waals surface area (Å²) in [5.41, 5.74) is 0. The van der Waals surface area contributed by atoms with Crippen molar-refractivity contribution >= 4 is 33.8 Å². The Morgan fingerprint density at radius 2 is 0.815 bits per heavy atom. The minimum absolute atomic E-state index is 0.369. The molecule has 0 aliphatic carbocycles. The normalized spacial score (nSPS) is 11.0. The number of rotatable bonds is 20. The SMILES string of the molecule is CCCCCCCCC(=O)SCCCCCSC(=O)CCCCCCCC. The third-order valence-corrected chi connectivity index (χ3v) is 6.82. The first kappa shape index (κ1) is 27.0. The first-order chi connectivity index (χ1) is 13.2. The average Bonchev–Trinajstić information content (AvgIpc) is 2.66. The molecule has 0 saturated heterocycles. The summed E-state index contributed by atoms with van der Waals surface area (Å²) in [5.74, 6) is 1.90. The minimum atomic E-state index is 0.369. The number of hydrogen-bond donors (Lipinski definition) is 0. The van der Waals surface area contributed by atoms with E-state index in [4.69, 9.17) is 0 Å². The Balaban J connectivity index is 3.27. The highest BCUT2D eigenvalue weighted by atomic mass is 32.2. The van der Waals surface area contributed by atoms with Crippen molar-refractivity contribution < 1.29 is 9.59 Å². The minimum Gasteiger partial charge on any atom is -0.287 e. The number of carbonyl (C=O) groups excluding carboxylic acids is 2. The largest absolute Gasteiger partial charge is 0.287 e. The molecule has 0 fully saturated rings. The summed E-state index contributed by atoms with van der Waals surface area (Å²) in [4.78, 5) is 23.6. The van der Waals surface area contributed by atoms with Gasteiger partial charge in [-0.2, -0.15) is 0 Å². The Labute approximate surface area is 177 Å². The summed E-state index contributed by atoms with van der Waals surface area (Å²) < 4.78 is 0. The van der Waals surface area contributed by atoms with Crippen LogP contribution in [-0.4, -0.2) is 21.7 Å². The molecule has 0 saturated carbocycles. The Hall–Kier alpha value is 0.0400. The molecule has 2 nitrogen and oxygen atoms in total. The lowest BCUT2D eigenvalue weighted by atomic mass is 10.1. The molecule has 0 aromatic heterocycles. The molecule has 0 amide bonds. The Morgan fingerprint density at radius 3 is 1.22 bits per heavy atom. The average molecular weight is 417 g/mol. The van der Waals surface area contributed by atoms with Crippen LogP contribution in [0.3, 0.4) is 0 Å². The van der Waals surface area contributed by atoms with Crippen LogP contribution in [0.15, 0.2) is 0 Å². The molecule has 0 aromatic rings. The van der Waals surface area contributed by atoms with Crippen molar-refractivity contribution in [2.45, 2.75) is 123 Å². The molecule has 0 spiro atoms. The molecule has 0 rings (SSSR count). The van der Waals surface area contributed by atoms with Crippen LogP contribution in [0.1, 0.15) is 123 Å². The smallest absolute Gasteiger partial charge is 0.188 e. The fraction of sp³-hybridized carbons (Fsp3) is 0.913. The van der Waals surface area contributed by atoms with Gasteiger partial charge in [0.1, 0.15) is 0 Å². The molecule has 27 heavy (non-hydrogen) atoms. The Bertz CT molecular complexity index is 313. The predicted molar refractivity (Wildman–Crippen MR) is 125 cm³/mol. The van der Waals surface area contributed by atoms with Crippen molar-refractivity contribution in [3.05, 3.63) is 0 Å². The molecule has 4 heteroatoms. The number of carbonyl (C=O) groups is 2. The number of unbranched alkanes of at least 4 members (excludes halogenated alkanes) is 12. The second-order valence-electron chi connectivity index (χ2n) is 7.54. The molecule has 0 heterocycles. The van der Waals surface area contributed by atoms with Crippen molar-refractivity contribution in [3.8, 4) is 0 Å². The van der Waals surface area contributed by atoms with E-state index in [9.17, 15) is 9.59 Å². The third-order valence-electron chi connectivity index (χ3n) is 4.78. The standard InChI is InChI=1S/C23H44O2S2/c1-3-5-7-9-11-14-18-22(24)26-20-16-13-17-21-27-23(25)19-15-12-10-8-6-4-2/h3-21H2,1-2H3. The van der Waals surface area contributed by atoms with Gasteiger partial charge in [0, 0.05) is 24.3 Å². The number of thioether (sulfide) groups is 2. The lowest BCUT2D eigenvalue weighted by Crippen LogP contribution is -1.96. The summed E-state index contributed by atoms with van der Waals surface area (Å²) in [6, 6.07) is 0. The van der Waals surface area contributed by atoms with Gasteiger partial charge < -0.3 is 0 Å². The first-order valence-corrected chi connectivity index (χ1v) is 13.5. The van der Waals surface area contributed by atoms with Gasteiger partial charge in [-0.3, -0.25) is 9.59 Å². The summed E-state index contributed by atoms with van der Waals surface area (Å²) in [6.07, 6.45) is 19.8. The van der Waals surface area contributed by atoms with E-state index in [0.29, 0.717) is 10.2 Å². The maximum absolute atomic E-state index is 11.8. The summed E-state index contributed by atoms with van der Waals surface area (Å²) in [7, 11) is 0. The molecule has 0 aromatic carbocycles. The zero-order chi connectivity index (χ0) is 20.0. The Morgan fingerprint density at radius 1 is 0.481 bits per heavy atom. The topological polar surface area (TPSA) is 34.1 Å². The zero-order valence-corrected chi connectivity index (χ0v) is 19.7. The van der Waals surface area contributed by atoms with E-state index in [2.05, 4.69) is 13.8 Å². The van der Waals surface area contributed by atoms with Crippen LogP contribution >= 0.6 is 23.5 Å². The second kappa shape index (κ2) is 22.3. The fourth-order valence-electron chi connectivity index (χ4n) is 3.00. The lowest BCUT2D eigenvalue weighted by molar-refractivity contribution is -0.111. The van der Waals surface area contributed by atoms with E-state index < -0.39 is 0 Å². The van der Waals surface area contributed by atoms with Crippen LogP contribution in [0.5, 0.6) is 0 Å². The highest BCUT2D eigenvalue weighted by Gasteiger charge is 2.04. The zero-order valence-electron chi connectivity index (χ0n) is 18.1. The van der Waals surface area contributed by atoms with Gasteiger partial charge in [-0.15, -0.1) is 0 Å². The van der Waals surface area contributed by atoms with Gasteiger partial charge in [-0.05, 0) is 25.7 Å². The molecule has 0 bridgehead atoms. The third kappa shape index (κ3) is 22.2. The molecule has 0 N–H and O–H groups in total. The molecule has 0 aliphatic heterocycles. The van der Waals surface area contributed by atoms with Gasteiger partial charge in [0.2, 0.25) is 0 Å². The molecule has 0 aliphatic rings. The van der Waals surface area contributed by atoms with Crippen molar-refractivity contribution in [1.29, 1.82) is 0 Å². The fourth-order valence-corrected chi connectivity index (χ4v) is 4.73. The monoisotopic (exact) mass is 416 g/mol. The molecular weight excluding hydrogens is 372 g/mol. The second-order valence-corrected chi connectivity index (χ2v) is 9.84. The van der Waals surface area contributed by atoms with Gasteiger partial charge >= 0.3 is 0 Å². The van der Waals surface area contributed by atoms with E-state index in [1.807, 2.05) is 0 Å². The van der Waals surface area contributed by atoms with Crippen LogP contribution in [0.4, 0.5) is 0 Å². The van der Waals surface area contributed by atoms with Gasteiger partial charge in [-0.1, -0.05) is 108 Å². The van der Waals surface area contributed by atoms with Crippen molar-refractivity contribution in [3.63, 3.8) is 0 Å². The van der Waals surface area contributed by atoms with E-state index in [1.54, 1.807) is 0 Å². The van der Waals surface area contributed by atoms with E-state index >= 15 is 0 Å². The van der Waals surface area contributed by atoms with Crippen LogP contribution in [0.25, 0.3) is 0 Å². The van der Waals surface area contributed by atoms with Crippen molar-refractivity contribution in [1.82, 2.24) is 0 Å². The quantitative estimate of drug-likeness (QED) is 0.187. The van der Waals surface area contributed by atoms with Gasteiger partial charge in [0.15, 0.2) is 10.2 Å². The van der Waals surface area contributed by atoms with E-state index in [0.717, 1.165) is 56.5 Å². The van der Waals surface area contributed by atoms with Gasteiger partial charge in [0.05, 0.1) is 0 Å². The first-order valence-electron chi connectivity index (χ1n) is 11.5. The lowest BCUT2D eigenvalue weighted by Gasteiger charge is -2.03. The molecular formula is C23H44O2S2. The molecule has 0 unspecified atom stereocenters. The van der Waals surface area contributed by atoms with Crippen molar-refractivity contribution in [2.24, 2.45) is 0 Å². The summed E-state index contributed by atoms with van der Waals surface area (Å²) >= 11 is 3.03. The highest BCUT2D eigenvalue weighted by molar-refractivity contribution is 8.13. The van der Waals surface area contributed by atoms with Gasteiger partial charge in [0.25, 0.3) is 0 Å². The number of hydrogen-bond acceptors (Lipinski definition) is 4. The van der Waals surface area contributed by atoms with Crippen LogP contribution in [0.2, 0.25) is 0 Å². The molecule has 0 radical (unpaired) electrons. The Kier molecular flexibility index (Phi) is 22.4. The van der Waals surface area contributed by atoms with E-state index in [1.165, 1.54) is 87.7 Å².